The minimum atomic E-state index is -0.308. The zero-order chi connectivity index (χ0) is 15.9. The minimum Gasteiger partial charge on any atom is -0.469 e. The van der Waals surface area contributed by atoms with Crippen LogP contribution < -0.4 is 10.6 Å². The summed E-state index contributed by atoms with van der Waals surface area (Å²) in [7, 11) is 1.40. The number of methoxy groups -OCH3 is 1. The van der Waals surface area contributed by atoms with Gasteiger partial charge in [0.2, 0.25) is 5.91 Å². The van der Waals surface area contributed by atoms with Crippen LogP contribution in [0.5, 0.6) is 0 Å². The number of anilines is 1. The molecule has 5 heteroatoms. The molecule has 0 aliphatic rings. The first kappa shape index (κ1) is 17.2. The van der Waals surface area contributed by atoms with Gasteiger partial charge in [-0.2, -0.15) is 0 Å². The average molecular weight is 292 g/mol. The SMILES string of the molecule is CC[C@](C)(CC(=O)OC)NCc1cccc(NC(C)=O)c1. The number of esters is 1. The smallest absolute Gasteiger partial charge is 0.307 e. The topological polar surface area (TPSA) is 67.4 Å². The van der Waals surface area contributed by atoms with Crippen molar-refractivity contribution in [1.29, 1.82) is 0 Å². The second kappa shape index (κ2) is 7.78. The highest BCUT2D eigenvalue weighted by Crippen LogP contribution is 2.17. The number of amides is 1. The fourth-order valence-electron chi connectivity index (χ4n) is 1.98. The Hall–Kier alpha value is -1.88. The third kappa shape index (κ3) is 5.95. The maximum atomic E-state index is 11.5. The Morgan fingerprint density at radius 1 is 1.33 bits per heavy atom. The third-order valence-corrected chi connectivity index (χ3v) is 3.51. The first-order valence-corrected chi connectivity index (χ1v) is 7.07. The number of hydrogen-bond donors (Lipinski definition) is 2. The van der Waals surface area contributed by atoms with Gasteiger partial charge in [0.1, 0.15) is 0 Å². The summed E-state index contributed by atoms with van der Waals surface area (Å²) >= 11 is 0. The Kier molecular flexibility index (Phi) is 6.37. The van der Waals surface area contributed by atoms with Crippen LogP contribution in [0.1, 0.15) is 39.2 Å². The lowest BCUT2D eigenvalue weighted by atomic mass is 9.94. The second-order valence-corrected chi connectivity index (χ2v) is 5.40. The van der Waals surface area contributed by atoms with Crippen LogP contribution in [0.25, 0.3) is 0 Å². The predicted molar refractivity (Wildman–Crippen MR) is 82.9 cm³/mol. The van der Waals surface area contributed by atoms with Gasteiger partial charge in [0.25, 0.3) is 0 Å². The van der Waals surface area contributed by atoms with Crippen LogP contribution in [0.2, 0.25) is 0 Å². The molecule has 0 heterocycles. The zero-order valence-electron chi connectivity index (χ0n) is 13.2. The van der Waals surface area contributed by atoms with Gasteiger partial charge in [0, 0.05) is 24.7 Å². The fourth-order valence-corrected chi connectivity index (χ4v) is 1.98. The summed E-state index contributed by atoms with van der Waals surface area (Å²) in [6, 6.07) is 7.64. The Bertz CT molecular complexity index is 502. The van der Waals surface area contributed by atoms with Crippen LogP contribution in [0.3, 0.4) is 0 Å². The van der Waals surface area contributed by atoms with Gasteiger partial charge >= 0.3 is 5.97 Å². The molecule has 0 aliphatic heterocycles. The molecule has 0 aromatic heterocycles. The first-order valence-electron chi connectivity index (χ1n) is 7.07. The molecule has 2 N–H and O–H groups in total. The Morgan fingerprint density at radius 2 is 2.05 bits per heavy atom. The number of carbonyl (C=O) groups is 2. The van der Waals surface area contributed by atoms with Crippen molar-refractivity contribution in [3.05, 3.63) is 29.8 Å². The van der Waals surface area contributed by atoms with E-state index in [0.717, 1.165) is 17.7 Å². The van der Waals surface area contributed by atoms with Gasteiger partial charge in [-0.25, -0.2) is 0 Å². The molecule has 0 aliphatic carbocycles. The predicted octanol–water partition coefficient (Wildman–Crippen LogP) is 2.47. The van der Waals surface area contributed by atoms with Gasteiger partial charge in [-0.1, -0.05) is 19.1 Å². The number of rotatable bonds is 7. The molecule has 0 radical (unpaired) electrons. The largest absolute Gasteiger partial charge is 0.469 e. The molecular formula is C16H24N2O3. The summed E-state index contributed by atoms with van der Waals surface area (Å²) in [4.78, 5) is 22.5. The van der Waals surface area contributed by atoms with Gasteiger partial charge in [0.15, 0.2) is 0 Å². The monoisotopic (exact) mass is 292 g/mol. The molecule has 0 saturated carbocycles. The standard InChI is InChI=1S/C16H24N2O3/c1-5-16(3,10-15(20)21-4)17-11-13-7-6-8-14(9-13)18-12(2)19/h6-9,17H,5,10-11H2,1-4H3,(H,18,19)/t16-/m1/s1. The van der Waals surface area contributed by atoms with E-state index in [4.69, 9.17) is 4.74 Å². The van der Waals surface area contributed by atoms with E-state index in [1.54, 1.807) is 0 Å². The molecule has 1 aromatic rings. The molecule has 116 valence electrons. The highest BCUT2D eigenvalue weighted by molar-refractivity contribution is 5.88. The number of nitrogens with one attached hydrogen (secondary N) is 2. The van der Waals surface area contributed by atoms with E-state index in [0.29, 0.717) is 13.0 Å². The lowest BCUT2D eigenvalue weighted by molar-refractivity contribution is -0.142. The molecule has 0 bridgehead atoms. The summed E-state index contributed by atoms with van der Waals surface area (Å²) < 4.78 is 4.74. The van der Waals surface area contributed by atoms with Crippen LogP contribution in [0.4, 0.5) is 5.69 Å². The van der Waals surface area contributed by atoms with Crippen molar-refractivity contribution in [2.24, 2.45) is 0 Å². The van der Waals surface area contributed by atoms with E-state index in [1.165, 1.54) is 14.0 Å². The lowest BCUT2D eigenvalue weighted by Crippen LogP contribution is -2.43. The van der Waals surface area contributed by atoms with Gasteiger partial charge in [-0.05, 0) is 31.0 Å². The molecule has 0 fully saturated rings. The van der Waals surface area contributed by atoms with Crippen LogP contribution in [-0.2, 0) is 20.9 Å². The Morgan fingerprint density at radius 3 is 2.62 bits per heavy atom. The zero-order valence-corrected chi connectivity index (χ0v) is 13.2. The van der Waals surface area contributed by atoms with Crippen molar-refractivity contribution in [2.45, 2.75) is 45.7 Å². The van der Waals surface area contributed by atoms with Crippen LogP contribution in [0, 0.1) is 0 Å². The summed E-state index contributed by atoms with van der Waals surface area (Å²) in [5.74, 6) is -0.317. The Balaban J connectivity index is 2.68. The number of benzene rings is 1. The van der Waals surface area contributed by atoms with E-state index in [2.05, 4.69) is 10.6 Å². The van der Waals surface area contributed by atoms with Gasteiger partial charge < -0.3 is 15.4 Å². The summed E-state index contributed by atoms with van der Waals surface area (Å²) in [5.41, 5.74) is 1.51. The summed E-state index contributed by atoms with van der Waals surface area (Å²) in [5, 5.41) is 6.15. The number of ether oxygens (including phenoxy) is 1. The Labute approximate surface area is 126 Å². The average Bonchev–Trinajstić information content (AvgIpc) is 2.45. The molecule has 0 unspecified atom stereocenters. The molecule has 21 heavy (non-hydrogen) atoms. The maximum absolute atomic E-state index is 11.5. The van der Waals surface area contributed by atoms with Crippen molar-refractivity contribution in [3.8, 4) is 0 Å². The quantitative estimate of drug-likeness (QED) is 0.758. The van der Waals surface area contributed by atoms with E-state index in [1.807, 2.05) is 38.1 Å². The second-order valence-electron chi connectivity index (χ2n) is 5.40. The number of hydrogen-bond acceptors (Lipinski definition) is 4. The van der Waals surface area contributed by atoms with Crippen molar-refractivity contribution in [1.82, 2.24) is 5.32 Å². The molecule has 5 nitrogen and oxygen atoms in total. The van der Waals surface area contributed by atoms with Gasteiger partial charge in [0.05, 0.1) is 13.5 Å². The van der Waals surface area contributed by atoms with Crippen molar-refractivity contribution < 1.29 is 14.3 Å². The number of carbonyl (C=O) groups excluding carboxylic acids is 2. The first-order chi connectivity index (χ1) is 9.88. The third-order valence-electron chi connectivity index (χ3n) is 3.51. The van der Waals surface area contributed by atoms with Crippen LogP contribution >= 0.6 is 0 Å². The normalized spacial score (nSPS) is 13.3. The molecule has 1 atom stereocenters. The van der Waals surface area contributed by atoms with Gasteiger partial charge in [-0.15, -0.1) is 0 Å². The molecule has 1 amide bonds. The highest BCUT2D eigenvalue weighted by Gasteiger charge is 2.25. The minimum absolute atomic E-state index is 0.0933. The fraction of sp³-hybridized carbons (Fsp3) is 0.500. The van der Waals surface area contributed by atoms with E-state index >= 15 is 0 Å². The summed E-state index contributed by atoms with van der Waals surface area (Å²) in [6.07, 6.45) is 1.14. The van der Waals surface area contributed by atoms with Crippen molar-refractivity contribution in [3.63, 3.8) is 0 Å². The van der Waals surface area contributed by atoms with Crippen LogP contribution in [-0.4, -0.2) is 24.5 Å². The lowest BCUT2D eigenvalue weighted by Gasteiger charge is -2.28. The van der Waals surface area contributed by atoms with Gasteiger partial charge in [-0.3, -0.25) is 9.59 Å². The maximum Gasteiger partial charge on any atom is 0.307 e. The molecule has 0 saturated heterocycles. The van der Waals surface area contributed by atoms with Crippen LogP contribution in [0.15, 0.2) is 24.3 Å². The molecular weight excluding hydrogens is 268 g/mol. The molecule has 0 spiro atoms. The molecule has 1 aromatic carbocycles. The van der Waals surface area contributed by atoms with E-state index in [-0.39, 0.29) is 17.4 Å². The molecule has 1 rings (SSSR count). The van der Waals surface area contributed by atoms with Crippen molar-refractivity contribution >= 4 is 17.6 Å². The van der Waals surface area contributed by atoms with E-state index in [9.17, 15) is 9.59 Å². The summed E-state index contributed by atoms with van der Waals surface area (Å²) in [6.45, 7) is 6.13. The van der Waals surface area contributed by atoms with Crippen molar-refractivity contribution in [2.75, 3.05) is 12.4 Å². The highest BCUT2D eigenvalue weighted by atomic mass is 16.5. The van der Waals surface area contributed by atoms with E-state index < -0.39 is 0 Å².